The Hall–Kier alpha value is -6.68. The Morgan fingerprint density at radius 1 is 0.448 bits per heavy atom. The summed E-state index contributed by atoms with van der Waals surface area (Å²) in [7, 11) is -2.78. The highest BCUT2D eigenvalue weighted by molar-refractivity contribution is 7.19. The molecule has 0 radical (unpaired) electrons. The predicted octanol–water partition coefficient (Wildman–Crippen LogP) is 9.41. The van der Waals surface area contributed by atoms with Gasteiger partial charge in [-0.2, -0.15) is 0 Å². The van der Waals surface area contributed by atoms with Gasteiger partial charge in [-0.1, -0.05) is 219 Å². The number of ether oxygens (including phenoxy) is 1. The van der Waals surface area contributed by atoms with Crippen LogP contribution >= 0.6 is 0 Å². The molecule has 1 aliphatic carbocycles. The maximum absolute atomic E-state index is 6.88. The molecule has 0 saturated heterocycles. The molecule has 8 aromatic carbocycles. The number of hydrogen-bond donors (Lipinski definition) is 0. The lowest BCUT2D eigenvalue weighted by Gasteiger charge is -2.39. The van der Waals surface area contributed by atoms with E-state index in [0.717, 1.165) is 11.5 Å². The van der Waals surface area contributed by atoms with E-state index in [9.17, 15) is 0 Å². The molecule has 2 unspecified atom stereocenters. The third-order valence-corrected chi connectivity index (χ3v) is 17.7. The van der Waals surface area contributed by atoms with Gasteiger partial charge in [0.15, 0.2) is 8.07 Å². The summed E-state index contributed by atoms with van der Waals surface area (Å²) in [5.41, 5.74) is 12.8. The van der Waals surface area contributed by atoms with Crippen LogP contribution < -0.4 is 36.4 Å². The molecule has 274 valence electrons. The van der Waals surface area contributed by atoms with Crippen LogP contribution in [-0.4, -0.2) is 14.8 Å². The van der Waals surface area contributed by atoms with E-state index in [1.807, 2.05) is 0 Å². The molecule has 0 aromatic heterocycles. The zero-order chi connectivity index (χ0) is 38.6. The minimum absolute atomic E-state index is 0.0363. The lowest BCUT2D eigenvalue weighted by Crippen LogP contribution is -2.74. The van der Waals surface area contributed by atoms with E-state index in [1.54, 1.807) is 0 Å². The molecule has 0 N–H and O–H groups in total. The fourth-order valence-corrected chi connectivity index (χ4v) is 15.3. The third kappa shape index (κ3) is 5.31. The first-order valence-corrected chi connectivity index (χ1v) is 22.5. The molecule has 0 amide bonds. The maximum Gasteiger partial charge on any atom is 0.249 e. The van der Waals surface area contributed by atoms with Crippen molar-refractivity contribution in [3.05, 3.63) is 235 Å². The number of allylic oxidation sites excluding steroid dienone is 4. The van der Waals surface area contributed by atoms with Crippen LogP contribution in [0.25, 0.3) is 27.8 Å². The summed E-state index contributed by atoms with van der Waals surface area (Å²) in [6.07, 6.45) is 4.90. The van der Waals surface area contributed by atoms with E-state index in [-0.39, 0.29) is 18.5 Å². The van der Waals surface area contributed by atoms with Crippen LogP contribution in [0.2, 0.25) is 0 Å². The second-order valence-electron chi connectivity index (χ2n) is 15.9. The molecule has 2 atom stereocenters. The molecule has 58 heavy (non-hydrogen) atoms. The molecular formula is C55H41BOSi. The Balaban J connectivity index is 1.23. The van der Waals surface area contributed by atoms with Gasteiger partial charge >= 0.3 is 0 Å². The number of benzene rings is 8. The van der Waals surface area contributed by atoms with Gasteiger partial charge in [0.25, 0.3) is 0 Å². The van der Waals surface area contributed by atoms with E-state index >= 15 is 0 Å². The summed E-state index contributed by atoms with van der Waals surface area (Å²) in [4.78, 5) is 0. The van der Waals surface area contributed by atoms with Crippen LogP contribution in [0.4, 0.5) is 0 Å². The summed E-state index contributed by atoms with van der Waals surface area (Å²) in [5, 5.41) is 5.54. The molecule has 11 rings (SSSR count). The van der Waals surface area contributed by atoms with Crippen molar-refractivity contribution in [2.24, 2.45) is 5.92 Å². The van der Waals surface area contributed by atoms with E-state index < -0.39 is 8.07 Å². The zero-order valence-corrected chi connectivity index (χ0v) is 33.4. The van der Waals surface area contributed by atoms with Gasteiger partial charge in [0.1, 0.15) is 11.5 Å². The third-order valence-electron chi connectivity index (χ3n) is 12.9. The Kier molecular flexibility index (Phi) is 8.38. The van der Waals surface area contributed by atoms with Crippen LogP contribution in [0, 0.1) is 5.92 Å². The number of fused-ring (bicyclic) bond motifs is 8. The Bertz CT molecular complexity index is 2800. The summed E-state index contributed by atoms with van der Waals surface area (Å²) < 4.78 is 6.88. The molecule has 3 aliphatic rings. The Morgan fingerprint density at radius 3 is 1.59 bits per heavy atom. The summed E-state index contributed by atoms with van der Waals surface area (Å²) >= 11 is 0. The van der Waals surface area contributed by atoms with Crippen molar-refractivity contribution in [1.29, 1.82) is 0 Å². The van der Waals surface area contributed by atoms with Gasteiger partial charge < -0.3 is 4.74 Å². The smallest absolute Gasteiger partial charge is 0.249 e. The van der Waals surface area contributed by atoms with Gasteiger partial charge in [0, 0.05) is 5.92 Å². The van der Waals surface area contributed by atoms with Gasteiger partial charge in [-0.05, 0) is 88.7 Å². The molecule has 0 bridgehead atoms. The van der Waals surface area contributed by atoms with Gasteiger partial charge in [0.2, 0.25) is 6.71 Å². The Morgan fingerprint density at radius 2 is 0.931 bits per heavy atom. The zero-order valence-electron chi connectivity index (χ0n) is 32.4. The highest BCUT2D eigenvalue weighted by Gasteiger charge is 2.45. The first-order valence-electron chi connectivity index (χ1n) is 20.5. The average molecular weight is 757 g/mol. The summed E-state index contributed by atoms with van der Waals surface area (Å²) in [5.74, 6) is 2.19. The van der Waals surface area contributed by atoms with Gasteiger partial charge in [-0.3, -0.25) is 0 Å². The van der Waals surface area contributed by atoms with Crippen molar-refractivity contribution in [2.75, 3.05) is 0 Å². The van der Waals surface area contributed by atoms with Crippen molar-refractivity contribution in [3.8, 4) is 33.8 Å². The van der Waals surface area contributed by atoms with Crippen LogP contribution in [0.1, 0.15) is 24.0 Å². The molecule has 2 aliphatic heterocycles. The topological polar surface area (TPSA) is 9.23 Å². The first-order chi connectivity index (χ1) is 28.7. The van der Waals surface area contributed by atoms with Crippen molar-refractivity contribution in [1.82, 2.24) is 0 Å². The lowest BCUT2D eigenvalue weighted by molar-refractivity contribution is 0.487. The summed E-state index contributed by atoms with van der Waals surface area (Å²) in [6.45, 7) is 2.38. The standard InChI is InChI=1S/C55H41BOSi/c1-38-35-36-49-47-30-14-12-28-45(47)44-27-11-13-29-46(44)48-31-18-34-52-54(48)56(50-32-15-16-33-51(50)57-52)55(49)53(38)39-19-17-26-43(37-39)58(40-20-5-2-6-21-40,41-22-7-3-8-23-41)42-24-9-4-10-25-42/h2-38,53H,1H3. The van der Waals surface area contributed by atoms with Crippen LogP contribution in [-0.2, 0) is 0 Å². The molecule has 0 spiro atoms. The quantitative estimate of drug-likeness (QED) is 0.126. The minimum atomic E-state index is -2.78. The van der Waals surface area contributed by atoms with E-state index in [1.165, 1.54) is 76.1 Å². The normalized spacial score (nSPS) is 16.3. The molecular weight excluding hydrogens is 716 g/mol. The molecule has 0 fully saturated rings. The highest BCUT2D eigenvalue weighted by Crippen LogP contribution is 2.48. The van der Waals surface area contributed by atoms with E-state index in [4.69, 9.17) is 4.74 Å². The van der Waals surface area contributed by atoms with Crippen LogP contribution in [0.15, 0.2) is 224 Å². The van der Waals surface area contributed by atoms with Gasteiger partial charge in [-0.25, -0.2) is 0 Å². The molecule has 8 aromatic rings. The number of hydrogen-bond acceptors (Lipinski definition) is 1. The van der Waals surface area contributed by atoms with E-state index in [0.29, 0.717) is 0 Å². The average Bonchev–Trinajstić information content (AvgIpc) is 3.33. The molecule has 1 nitrogen and oxygen atoms in total. The van der Waals surface area contributed by atoms with Crippen molar-refractivity contribution >= 4 is 52.0 Å². The lowest BCUT2D eigenvalue weighted by atomic mass is 9.31. The number of para-hydroxylation sites is 1. The Labute approximate surface area is 342 Å². The second-order valence-corrected chi connectivity index (χ2v) is 19.7. The summed E-state index contributed by atoms with van der Waals surface area (Å²) in [6, 6.07) is 77.0. The fourth-order valence-electron chi connectivity index (χ4n) is 10.5. The van der Waals surface area contributed by atoms with Crippen LogP contribution in [0.3, 0.4) is 0 Å². The van der Waals surface area contributed by atoms with Crippen molar-refractivity contribution in [2.45, 2.75) is 12.8 Å². The minimum Gasteiger partial charge on any atom is -0.458 e. The predicted molar refractivity (Wildman–Crippen MR) is 247 cm³/mol. The molecule has 2 heterocycles. The van der Waals surface area contributed by atoms with Gasteiger partial charge in [-0.15, -0.1) is 0 Å². The van der Waals surface area contributed by atoms with Crippen molar-refractivity contribution < 1.29 is 4.74 Å². The maximum atomic E-state index is 6.88. The van der Waals surface area contributed by atoms with Crippen molar-refractivity contribution in [3.63, 3.8) is 0 Å². The first kappa shape index (κ1) is 34.6. The number of rotatable bonds is 5. The monoisotopic (exact) mass is 756 g/mol. The fraction of sp³-hybridized carbons (Fsp3) is 0.0545. The SMILES string of the molecule is CC1C=CC2=C(B3c4ccccc4Oc4cccc(c43)-c3ccccc3-c3ccccc32)C1c1cccc([Si](c2ccccc2)(c2ccccc2)c2ccccc2)c1. The molecule has 0 saturated carbocycles. The highest BCUT2D eigenvalue weighted by atomic mass is 28.3. The largest absolute Gasteiger partial charge is 0.458 e. The van der Waals surface area contributed by atoms with E-state index in [2.05, 4.69) is 225 Å². The molecule has 3 heteroatoms. The van der Waals surface area contributed by atoms with Crippen LogP contribution in [0.5, 0.6) is 11.5 Å². The van der Waals surface area contributed by atoms with Gasteiger partial charge in [0.05, 0.1) is 0 Å². The second kappa shape index (κ2) is 14.1.